The first-order valence-electron chi connectivity index (χ1n) is 5.46. The first-order chi connectivity index (χ1) is 7.72. The summed E-state index contributed by atoms with van der Waals surface area (Å²) in [5, 5.41) is 8.66. The highest BCUT2D eigenvalue weighted by Crippen LogP contribution is 2.06. The van der Waals surface area contributed by atoms with Crippen molar-refractivity contribution in [1.82, 2.24) is 19.6 Å². The second kappa shape index (κ2) is 4.49. The fourth-order valence-electron chi connectivity index (χ4n) is 1.66. The first kappa shape index (κ1) is 10.9. The lowest BCUT2D eigenvalue weighted by atomic mass is 10.3. The first-order valence-corrected chi connectivity index (χ1v) is 5.46. The lowest BCUT2D eigenvalue weighted by Gasteiger charge is -2.01. The van der Waals surface area contributed by atoms with Crippen molar-refractivity contribution < 1.29 is 0 Å². The lowest BCUT2D eigenvalue weighted by Crippen LogP contribution is -2.05. The molecule has 0 unspecified atom stereocenters. The van der Waals surface area contributed by atoms with E-state index in [1.54, 1.807) is 6.20 Å². The number of hydrogen-bond donors (Lipinski definition) is 1. The number of rotatable bonds is 4. The van der Waals surface area contributed by atoms with Gasteiger partial charge in [-0.15, -0.1) is 0 Å². The zero-order valence-electron chi connectivity index (χ0n) is 9.72. The second-order valence-electron chi connectivity index (χ2n) is 3.85. The van der Waals surface area contributed by atoms with E-state index in [2.05, 4.69) is 23.2 Å². The Morgan fingerprint density at radius 3 is 2.81 bits per heavy atom. The van der Waals surface area contributed by atoms with Gasteiger partial charge < -0.3 is 5.73 Å². The molecule has 0 bridgehead atoms. The van der Waals surface area contributed by atoms with Gasteiger partial charge in [0.25, 0.3) is 0 Å². The van der Waals surface area contributed by atoms with E-state index in [1.807, 2.05) is 22.6 Å². The maximum Gasteiger partial charge on any atom is 0.0828 e. The van der Waals surface area contributed by atoms with Gasteiger partial charge in [0.1, 0.15) is 0 Å². The molecule has 86 valence electrons. The van der Waals surface area contributed by atoms with Gasteiger partial charge in [0.15, 0.2) is 0 Å². The third kappa shape index (κ3) is 2.14. The quantitative estimate of drug-likeness (QED) is 0.822. The van der Waals surface area contributed by atoms with Crippen LogP contribution in [0.2, 0.25) is 0 Å². The number of hydrogen-bond acceptors (Lipinski definition) is 3. The van der Waals surface area contributed by atoms with Crippen molar-refractivity contribution in [3.8, 4) is 0 Å². The van der Waals surface area contributed by atoms with Gasteiger partial charge in [0, 0.05) is 25.4 Å². The van der Waals surface area contributed by atoms with Gasteiger partial charge >= 0.3 is 0 Å². The van der Waals surface area contributed by atoms with Crippen LogP contribution in [-0.2, 0) is 26.6 Å². The fourth-order valence-corrected chi connectivity index (χ4v) is 1.66. The Morgan fingerprint density at radius 2 is 2.25 bits per heavy atom. The van der Waals surface area contributed by atoms with E-state index in [1.165, 1.54) is 0 Å². The lowest BCUT2D eigenvalue weighted by molar-refractivity contribution is 0.617. The van der Waals surface area contributed by atoms with Crippen molar-refractivity contribution in [2.75, 3.05) is 0 Å². The Labute approximate surface area is 94.9 Å². The summed E-state index contributed by atoms with van der Waals surface area (Å²) >= 11 is 0. The number of aromatic nitrogens is 4. The van der Waals surface area contributed by atoms with Crippen LogP contribution in [0, 0.1) is 0 Å². The molecule has 16 heavy (non-hydrogen) atoms. The van der Waals surface area contributed by atoms with Crippen LogP contribution in [0.1, 0.15) is 23.9 Å². The zero-order chi connectivity index (χ0) is 11.5. The molecule has 0 atom stereocenters. The Morgan fingerprint density at radius 1 is 1.44 bits per heavy atom. The van der Waals surface area contributed by atoms with Crippen LogP contribution in [0.25, 0.3) is 0 Å². The van der Waals surface area contributed by atoms with Crippen molar-refractivity contribution in [2.24, 2.45) is 12.8 Å². The largest absolute Gasteiger partial charge is 0.326 e. The van der Waals surface area contributed by atoms with Crippen molar-refractivity contribution >= 4 is 0 Å². The minimum absolute atomic E-state index is 0.533. The van der Waals surface area contributed by atoms with E-state index in [0.29, 0.717) is 6.54 Å². The molecule has 2 N–H and O–H groups in total. The molecule has 2 aromatic heterocycles. The van der Waals surface area contributed by atoms with Crippen molar-refractivity contribution in [1.29, 1.82) is 0 Å². The van der Waals surface area contributed by atoms with Gasteiger partial charge in [0.2, 0.25) is 0 Å². The van der Waals surface area contributed by atoms with Crippen molar-refractivity contribution in [2.45, 2.75) is 26.4 Å². The highest BCUT2D eigenvalue weighted by atomic mass is 15.3. The maximum absolute atomic E-state index is 5.54. The molecule has 0 aliphatic heterocycles. The third-order valence-electron chi connectivity index (χ3n) is 2.64. The Balaban J connectivity index is 2.16. The van der Waals surface area contributed by atoms with Crippen LogP contribution in [-0.4, -0.2) is 19.6 Å². The SMILES string of the molecule is CCc1cc(Cn2cc(CN)cn2)n(C)n1. The summed E-state index contributed by atoms with van der Waals surface area (Å²) < 4.78 is 3.79. The molecule has 0 saturated heterocycles. The van der Waals surface area contributed by atoms with Crippen LogP contribution < -0.4 is 5.73 Å². The van der Waals surface area contributed by atoms with Crippen molar-refractivity contribution in [3.63, 3.8) is 0 Å². The Bertz CT molecular complexity index is 468. The van der Waals surface area contributed by atoms with Gasteiger partial charge in [-0.05, 0) is 12.5 Å². The third-order valence-corrected chi connectivity index (χ3v) is 2.64. The molecule has 0 fully saturated rings. The highest BCUT2D eigenvalue weighted by Gasteiger charge is 2.05. The van der Waals surface area contributed by atoms with Gasteiger partial charge in [-0.2, -0.15) is 10.2 Å². The van der Waals surface area contributed by atoms with Gasteiger partial charge in [-0.25, -0.2) is 0 Å². The summed E-state index contributed by atoms with van der Waals surface area (Å²) in [6, 6.07) is 2.11. The highest BCUT2D eigenvalue weighted by molar-refractivity contribution is 5.11. The summed E-state index contributed by atoms with van der Waals surface area (Å²) in [4.78, 5) is 0. The molecule has 2 heterocycles. The maximum atomic E-state index is 5.54. The number of nitrogens with two attached hydrogens (primary N) is 1. The molecule has 0 radical (unpaired) electrons. The van der Waals surface area contributed by atoms with Crippen LogP contribution in [0.5, 0.6) is 0 Å². The van der Waals surface area contributed by atoms with E-state index < -0.39 is 0 Å². The van der Waals surface area contributed by atoms with E-state index >= 15 is 0 Å². The molecule has 0 aromatic carbocycles. The second-order valence-corrected chi connectivity index (χ2v) is 3.85. The van der Waals surface area contributed by atoms with E-state index in [9.17, 15) is 0 Å². The average molecular weight is 219 g/mol. The van der Waals surface area contributed by atoms with Gasteiger partial charge in [-0.1, -0.05) is 6.92 Å². The molecule has 0 aliphatic rings. The Hall–Kier alpha value is -1.62. The summed E-state index contributed by atoms with van der Waals surface area (Å²) in [5.74, 6) is 0. The summed E-state index contributed by atoms with van der Waals surface area (Å²) in [6.07, 6.45) is 4.73. The predicted octanol–water partition coefficient (Wildman–Crippen LogP) is 0.686. The number of aryl methyl sites for hydroxylation is 2. The topological polar surface area (TPSA) is 61.7 Å². The number of nitrogens with zero attached hydrogens (tertiary/aromatic N) is 4. The van der Waals surface area contributed by atoms with E-state index in [-0.39, 0.29) is 0 Å². The summed E-state index contributed by atoms with van der Waals surface area (Å²) in [5.41, 5.74) is 8.87. The van der Waals surface area contributed by atoms with Crippen LogP contribution in [0.4, 0.5) is 0 Å². The minimum Gasteiger partial charge on any atom is -0.326 e. The van der Waals surface area contributed by atoms with Crippen LogP contribution in [0.15, 0.2) is 18.5 Å². The predicted molar refractivity (Wildman–Crippen MR) is 61.8 cm³/mol. The van der Waals surface area contributed by atoms with Gasteiger partial charge in [0.05, 0.1) is 24.1 Å². The monoisotopic (exact) mass is 219 g/mol. The average Bonchev–Trinajstić information content (AvgIpc) is 2.87. The fraction of sp³-hybridized carbons (Fsp3) is 0.455. The van der Waals surface area contributed by atoms with Crippen LogP contribution in [0.3, 0.4) is 0 Å². The Kier molecular flexibility index (Phi) is 3.05. The van der Waals surface area contributed by atoms with Gasteiger partial charge in [-0.3, -0.25) is 9.36 Å². The smallest absolute Gasteiger partial charge is 0.0828 e. The molecule has 0 spiro atoms. The summed E-state index contributed by atoms with van der Waals surface area (Å²) in [7, 11) is 1.96. The molecule has 0 amide bonds. The molecule has 0 aliphatic carbocycles. The minimum atomic E-state index is 0.533. The summed E-state index contributed by atoms with van der Waals surface area (Å²) in [6.45, 7) is 3.38. The zero-order valence-corrected chi connectivity index (χ0v) is 9.72. The molecule has 5 heteroatoms. The van der Waals surface area contributed by atoms with E-state index in [0.717, 1.165) is 29.9 Å². The van der Waals surface area contributed by atoms with E-state index in [4.69, 9.17) is 5.73 Å². The normalized spacial score (nSPS) is 10.9. The molecule has 2 aromatic rings. The molecule has 2 rings (SSSR count). The molecule has 0 saturated carbocycles. The molecular formula is C11H17N5. The standard InChI is InChI=1S/C11H17N5/c1-3-10-4-11(15(2)14-10)8-16-7-9(5-12)6-13-16/h4,6-7H,3,5,8,12H2,1-2H3. The van der Waals surface area contributed by atoms with Crippen molar-refractivity contribution in [3.05, 3.63) is 35.4 Å². The molecule has 5 nitrogen and oxygen atoms in total. The molecular weight excluding hydrogens is 202 g/mol. The van der Waals surface area contributed by atoms with Crippen LogP contribution >= 0.6 is 0 Å².